The Bertz CT molecular complexity index is 704. The summed E-state index contributed by atoms with van der Waals surface area (Å²) in [5, 5.41) is 11.5. The Hall–Kier alpha value is -1.01. The van der Waals surface area contributed by atoms with Crippen LogP contribution in [0.3, 0.4) is 0 Å². The molecule has 0 bridgehead atoms. The number of aliphatic hydroxyl groups is 1. The largest absolute Gasteiger partial charge is 0.375 e. The minimum Gasteiger partial charge on any atom is -0.375 e. The summed E-state index contributed by atoms with van der Waals surface area (Å²) in [5.74, 6) is 0. The van der Waals surface area contributed by atoms with Crippen molar-refractivity contribution in [1.82, 2.24) is 4.98 Å². The molecule has 0 fully saturated rings. The van der Waals surface area contributed by atoms with Crippen molar-refractivity contribution in [3.05, 3.63) is 85.2 Å². The van der Waals surface area contributed by atoms with Crippen LogP contribution in [0.15, 0.2) is 69.2 Å². The molecule has 0 aliphatic heterocycles. The predicted molar refractivity (Wildman–Crippen MR) is 92.5 cm³/mol. The lowest BCUT2D eigenvalue weighted by molar-refractivity contribution is 0.128. The smallest absolute Gasteiger partial charge is 0.160 e. The van der Waals surface area contributed by atoms with Crippen molar-refractivity contribution in [2.75, 3.05) is 0 Å². The van der Waals surface area contributed by atoms with E-state index < -0.39 is 5.60 Å². The molecule has 0 atom stereocenters. The second-order valence-corrected chi connectivity index (χ2v) is 7.56. The number of aromatic nitrogens is 1. The van der Waals surface area contributed by atoms with Crippen LogP contribution in [0, 0.1) is 0 Å². The molecule has 0 unspecified atom stereocenters. The Morgan fingerprint density at radius 3 is 1.71 bits per heavy atom. The van der Waals surface area contributed by atoms with Gasteiger partial charge in [-0.25, -0.2) is 4.98 Å². The number of hydrogen-bond acceptors (Lipinski definition) is 3. The first-order valence-electron chi connectivity index (χ1n) is 6.28. The molecule has 0 saturated carbocycles. The molecule has 1 heterocycles. The highest BCUT2D eigenvalue weighted by Crippen LogP contribution is 2.43. The minimum atomic E-state index is -1.23. The van der Waals surface area contributed by atoms with Gasteiger partial charge in [-0.15, -0.1) is 11.3 Å². The highest BCUT2D eigenvalue weighted by molar-refractivity contribution is 9.11. The van der Waals surface area contributed by atoms with Gasteiger partial charge < -0.3 is 5.11 Å². The third-order valence-corrected chi connectivity index (χ3v) is 5.72. The molecule has 5 heteroatoms. The molecule has 3 rings (SSSR count). The van der Waals surface area contributed by atoms with E-state index in [1.54, 1.807) is 0 Å². The van der Waals surface area contributed by atoms with Crippen LogP contribution in [-0.2, 0) is 5.60 Å². The lowest BCUT2D eigenvalue weighted by Crippen LogP contribution is -2.28. The molecule has 0 saturated heterocycles. The van der Waals surface area contributed by atoms with E-state index in [0.29, 0.717) is 4.60 Å². The number of hydrogen-bond donors (Lipinski definition) is 1. The van der Waals surface area contributed by atoms with Gasteiger partial charge in [0, 0.05) is 0 Å². The summed E-state index contributed by atoms with van der Waals surface area (Å²) in [4.78, 5) is 5.08. The Morgan fingerprint density at radius 2 is 1.33 bits per heavy atom. The highest BCUT2D eigenvalue weighted by Gasteiger charge is 2.37. The fraction of sp³-hybridized carbons (Fsp3) is 0.0625. The van der Waals surface area contributed by atoms with Crippen LogP contribution in [0.2, 0.25) is 0 Å². The van der Waals surface area contributed by atoms with E-state index in [1.165, 1.54) is 11.3 Å². The average molecular weight is 425 g/mol. The average Bonchev–Trinajstić information content (AvgIpc) is 2.87. The van der Waals surface area contributed by atoms with Gasteiger partial charge in [0.15, 0.2) is 9.52 Å². The Balaban J connectivity index is 2.28. The fourth-order valence-electron chi connectivity index (χ4n) is 2.29. The van der Waals surface area contributed by atoms with Crippen molar-refractivity contribution < 1.29 is 5.11 Å². The molecule has 2 nitrogen and oxygen atoms in total. The predicted octanol–water partition coefficient (Wildman–Crippen LogP) is 4.95. The molecule has 106 valence electrons. The standard InChI is InChI=1S/C16H11Br2NOS/c17-14-13(21-15(18)19-14)16(20,11-7-3-1-4-8-11)12-9-5-2-6-10-12/h1-10,20H. The maximum absolute atomic E-state index is 11.5. The monoisotopic (exact) mass is 423 g/mol. The molecule has 0 radical (unpaired) electrons. The third-order valence-electron chi connectivity index (χ3n) is 3.27. The van der Waals surface area contributed by atoms with Crippen molar-refractivity contribution in [2.45, 2.75) is 5.60 Å². The number of thiazole rings is 1. The minimum absolute atomic E-state index is 0.648. The highest BCUT2D eigenvalue weighted by atomic mass is 79.9. The summed E-state index contributed by atoms with van der Waals surface area (Å²) in [5.41, 5.74) is 0.395. The van der Waals surface area contributed by atoms with Gasteiger partial charge >= 0.3 is 0 Å². The van der Waals surface area contributed by atoms with Crippen LogP contribution < -0.4 is 0 Å². The zero-order valence-electron chi connectivity index (χ0n) is 10.8. The van der Waals surface area contributed by atoms with E-state index in [2.05, 4.69) is 36.8 Å². The number of benzene rings is 2. The van der Waals surface area contributed by atoms with E-state index in [9.17, 15) is 5.11 Å². The maximum atomic E-state index is 11.5. The zero-order valence-corrected chi connectivity index (χ0v) is 14.8. The van der Waals surface area contributed by atoms with Gasteiger partial charge in [0.1, 0.15) is 4.60 Å². The molecule has 0 aliphatic rings. The summed E-state index contributed by atoms with van der Waals surface area (Å²) in [6.07, 6.45) is 0. The number of rotatable bonds is 3. The second kappa shape index (κ2) is 6.01. The molecule has 0 aliphatic carbocycles. The summed E-state index contributed by atoms with van der Waals surface area (Å²) < 4.78 is 1.38. The topological polar surface area (TPSA) is 33.1 Å². The van der Waals surface area contributed by atoms with Gasteiger partial charge in [0.05, 0.1) is 4.88 Å². The molecule has 2 aromatic carbocycles. The van der Waals surface area contributed by atoms with Gasteiger partial charge in [-0.05, 0) is 43.0 Å². The van der Waals surface area contributed by atoms with Crippen LogP contribution in [0.25, 0.3) is 0 Å². The summed E-state index contributed by atoms with van der Waals surface area (Å²) in [6, 6.07) is 19.3. The van der Waals surface area contributed by atoms with Gasteiger partial charge in [0.2, 0.25) is 0 Å². The normalized spacial score (nSPS) is 11.6. The molecule has 3 aromatic rings. The van der Waals surface area contributed by atoms with Gasteiger partial charge in [0.25, 0.3) is 0 Å². The summed E-state index contributed by atoms with van der Waals surface area (Å²) >= 11 is 8.26. The van der Waals surface area contributed by atoms with Crippen molar-refractivity contribution in [3.8, 4) is 0 Å². The molecule has 1 aromatic heterocycles. The fourth-order valence-corrected chi connectivity index (χ4v) is 4.83. The lowest BCUT2D eigenvalue weighted by atomic mass is 9.85. The Labute approximate surface area is 143 Å². The van der Waals surface area contributed by atoms with Crippen LogP contribution in [0.5, 0.6) is 0 Å². The van der Waals surface area contributed by atoms with E-state index in [0.717, 1.165) is 19.9 Å². The molecule has 1 N–H and O–H groups in total. The van der Waals surface area contributed by atoms with Crippen molar-refractivity contribution >= 4 is 43.2 Å². The summed E-state index contributed by atoms with van der Waals surface area (Å²) in [6.45, 7) is 0. The molecular weight excluding hydrogens is 414 g/mol. The Kier molecular flexibility index (Phi) is 4.26. The molecule has 21 heavy (non-hydrogen) atoms. The zero-order chi connectivity index (χ0) is 14.9. The van der Waals surface area contributed by atoms with Crippen LogP contribution in [-0.4, -0.2) is 10.1 Å². The lowest BCUT2D eigenvalue weighted by Gasteiger charge is -2.28. The third kappa shape index (κ3) is 2.71. The van der Waals surface area contributed by atoms with Crippen molar-refractivity contribution in [2.24, 2.45) is 0 Å². The van der Waals surface area contributed by atoms with E-state index in [4.69, 9.17) is 0 Å². The van der Waals surface area contributed by atoms with E-state index in [1.807, 2.05) is 60.7 Å². The number of nitrogens with zero attached hydrogens (tertiary/aromatic N) is 1. The quantitative estimate of drug-likeness (QED) is 0.644. The maximum Gasteiger partial charge on any atom is 0.160 e. The van der Waals surface area contributed by atoms with E-state index in [-0.39, 0.29) is 0 Å². The SMILES string of the molecule is OC(c1ccccc1)(c1ccccc1)c1sc(Br)nc1Br. The first-order valence-corrected chi connectivity index (χ1v) is 8.68. The Morgan fingerprint density at radius 1 is 0.857 bits per heavy atom. The summed E-state index contributed by atoms with van der Waals surface area (Å²) in [7, 11) is 0. The van der Waals surface area contributed by atoms with Gasteiger partial charge in [-0.3, -0.25) is 0 Å². The van der Waals surface area contributed by atoms with Gasteiger partial charge in [-0.2, -0.15) is 0 Å². The first kappa shape index (κ1) is 14.9. The number of halogens is 2. The van der Waals surface area contributed by atoms with Crippen molar-refractivity contribution in [1.29, 1.82) is 0 Å². The molecular formula is C16H11Br2NOS. The van der Waals surface area contributed by atoms with Crippen LogP contribution in [0.1, 0.15) is 16.0 Å². The molecule has 0 spiro atoms. The van der Waals surface area contributed by atoms with Gasteiger partial charge in [-0.1, -0.05) is 60.7 Å². The van der Waals surface area contributed by atoms with E-state index >= 15 is 0 Å². The van der Waals surface area contributed by atoms with Crippen LogP contribution >= 0.6 is 43.2 Å². The van der Waals surface area contributed by atoms with Crippen molar-refractivity contribution in [3.63, 3.8) is 0 Å². The van der Waals surface area contributed by atoms with Crippen LogP contribution in [0.4, 0.5) is 0 Å². The first-order chi connectivity index (χ1) is 10.1. The molecule has 0 amide bonds. The second-order valence-electron chi connectivity index (χ2n) is 4.53.